The van der Waals surface area contributed by atoms with Gasteiger partial charge in [-0.3, -0.25) is 0 Å². The Morgan fingerprint density at radius 1 is 1.33 bits per heavy atom. The second-order valence-electron chi connectivity index (χ2n) is 7.46. The van der Waals surface area contributed by atoms with Gasteiger partial charge in [0, 0.05) is 12.5 Å². The zero-order valence-electron chi connectivity index (χ0n) is 14.3. The molecule has 0 amide bonds. The number of hydrogen-bond donors (Lipinski definition) is 1. The van der Waals surface area contributed by atoms with Crippen molar-refractivity contribution in [3.05, 3.63) is 29.3 Å². The number of benzene rings is 1. The molecule has 2 rings (SSSR count). The van der Waals surface area contributed by atoms with E-state index in [1.54, 1.807) is 0 Å². The number of nitrogens with one attached hydrogen (secondary N) is 1. The van der Waals surface area contributed by atoms with Crippen LogP contribution in [0.3, 0.4) is 0 Å². The van der Waals surface area contributed by atoms with E-state index in [0.717, 1.165) is 25.1 Å². The highest BCUT2D eigenvalue weighted by molar-refractivity contribution is 5.40. The van der Waals surface area contributed by atoms with Gasteiger partial charge in [-0.1, -0.05) is 45.4 Å². The lowest BCUT2D eigenvalue weighted by atomic mass is 9.83. The first kappa shape index (κ1) is 16.4. The van der Waals surface area contributed by atoms with Gasteiger partial charge in [0.2, 0.25) is 0 Å². The maximum Gasteiger partial charge on any atom is 0.123 e. The number of hydrogen-bond acceptors (Lipinski definition) is 2. The standard InChI is InChI=1S/C19H31NO/c1-6-20-18(19(3,4)5)9-7-8-16-13-15-12-14(2)10-11-17(15)21-16/h10-12,16,18,20H,6-9,13H2,1-5H3. The fourth-order valence-corrected chi connectivity index (χ4v) is 3.25. The van der Waals surface area contributed by atoms with E-state index in [2.05, 4.69) is 58.1 Å². The van der Waals surface area contributed by atoms with E-state index < -0.39 is 0 Å². The molecule has 0 aromatic heterocycles. The Hall–Kier alpha value is -1.02. The molecule has 1 aliphatic heterocycles. The zero-order valence-corrected chi connectivity index (χ0v) is 14.3. The molecule has 1 heterocycles. The quantitative estimate of drug-likeness (QED) is 0.833. The fourth-order valence-electron chi connectivity index (χ4n) is 3.25. The molecule has 1 N–H and O–H groups in total. The lowest BCUT2D eigenvalue weighted by Crippen LogP contribution is -2.40. The van der Waals surface area contributed by atoms with Crippen LogP contribution in [-0.4, -0.2) is 18.7 Å². The van der Waals surface area contributed by atoms with Crippen LogP contribution in [0.1, 0.15) is 58.1 Å². The van der Waals surface area contributed by atoms with E-state index in [1.165, 1.54) is 24.0 Å². The van der Waals surface area contributed by atoms with E-state index in [1.807, 2.05) is 0 Å². The van der Waals surface area contributed by atoms with Crippen molar-refractivity contribution in [3.63, 3.8) is 0 Å². The van der Waals surface area contributed by atoms with Gasteiger partial charge in [-0.05, 0) is 49.8 Å². The maximum absolute atomic E-state index is 6.07. The Morgan fingerprint density at radius 3 is 2.76 bits per heavy atom. The lowest BCUT2D eigenvalue weighted by Gasteiger charge is -2.31. The Morgan fingerprint density at radius 2 is 2.10 bits per heavy atom. The van der Waals surface area contributed by atoms with Gasteiger partial charge >= 0.3 is 0 Å². The highest BCUT2D eigenvalue weighted by Crippen LogP contribution is 2.32. The minimum atomic E-state index is 0.326. The third-order valence-corrected chi connectivity index (χ3v) is 4.47. The minimum absolute atomic E-state index is 0.326. The van der Waals surface area contributed by atoms with Crippen molar-refractivity contribution in [2.75, 3.05) is 6.54 Å². The topological polar surface area (TPSA) is 21.3 Å². The van der Waals surface area contributed by atoms with Gasteiger partial charge in [-0.2, -0.15) is 0 Å². The van der Waals surface area contributed by atoms with Crippen molar-refractivity contribution < 1.29 is 4.74 Å². The third-order valence-electron chi connectivity index (χ3n) is 4.47. The molecule has 0 fully saturated rings. The van der Waals surface area contributed by atoms with E-state index in [4.69, 9.17) is 4.74 Å². The van der Waals surface area contributed by atoms with Gasteiger partial charge in [0.05, 0.1) is 0 Å². The summed E-state index contributed by atoms with van der Waals surface area (Å²) in [4.78, 5) is 0. The average molecular weight is 289 g/mol. The summed E-state index contributed by atoms with van der Waals surface area (Å²) in [7, 11) is 0. The molecule has 118 valence electrons. The first-order valence-electron chi connectivity index (χ1n) is 8.39. The summed E-state index contributed by atoms with van der Waals surface area (Å²) in [5.41, 5.74) is 3.05. The van der Waals surface area contributed by atoms with Crippen molar-refractivity contribution >= 4 is 0 Å². The Balaban J connectivity index is 1.80. The van der Waals surface area contributed by atoms with Crippen LogP contribution in [-0.2, 0) is 6.42 Å². The summed E-state index contributed by atoms with van der Waals surface area (Å²) < 4.78 is 6.07. The van der Waals surface area contributed by atoms with E-state index >= 15 is 0 Å². The summed E-state index contributed by atoms with van der Waals surface area (Å²) in [6.45, 7) is 12.4. The van der Waals surface area contributed by atoms with Gasteiger partial charge in [-0.25, -0.2) is 0 Å². The molecular formula is C19H31NO. The van der Waals surface area contributed by atoms with Crippen molar-refractivity contribution in [2.45, 2.75) is 72.4 Å². The molecule has 0 saturated carbocycles. The first-order chi connectivity index (χ1) is 9.90. The summed E-state index contributed by atoms with van der Waals surface area (Å²) in [6, 6.07) is 7.13. The summed E-state index contributed by atoms with van der Waals surface area (Å²) in [5.74, 6) is 1.10. The largest absolute Gasteiger partial charge is 0.490 e. The number of ether oxygens (including phenoxy) is 1. The SMILES string of the molecule is CCNC(CCCC1Cc2cc(C)ccc2O1)C(C)(C)C. The smallest absolute Gasteiger partial charge is 0.123 e. The third kappa shape index (κ3) is 4.47. The second kappa shape index (κ2) is 6.83. The Kier molecular flexibility index (Phi) is 5.32. The molecule has 0 radical (unpaired) electrons. The molecule has 0 bridgehead atoms. The molecule has 2 nitrogen and oxygen atoms in total. The van der Waals surface area contributed by atoms with Gasteiger partial charge in [0.25, 0.3) is 0 Å². The van der Waals surface area contributed by atoms with Crippen molar-refractivity contribution in [3.8, 4) is 5.75 Å². The van der Waals surface area contributed by atoms with Crippen LogP contribution in [0.4, 0.5) is 0 Å². The molecule has 21 heavy (non-hydrogen) atoms. The molecule has 1 aromatic carbocycles. The van der Waals surface area contributed by atoms with Gasteiger partial charge in [0.15, 0.2) is 0 Å². The van der Waals surface area contributed by atoms with Crippen molar-refractivity contribution in [1.82, 2.24) is 5.32 Å². The number of aryl methyl sites for hydroxylation is 1. The lowest BCUT2D eigenvalue weighted by molar-refractivity contribution is 0.201. The van der Waals surface area contributed by atoms with Crippen molar-refractivity contribution in [1.29, 1.82) is 0 Å². The molecule has 2 heteroatoms. The van der Waals surface area contributed by atoms with Gasteiger partial charge < -0.3 is 10.1 Å². The predicted molar refractivity (Wildman–Crippen MR) is 90.1 cm³/mol. The highest BCUT2D eigenvalue weighted by Gasteiger charge is 2.26. The molecular weight excluding hydrogens is 258 g/mol. The summed E-state index contributed by atoms with van der Waals surface area (Å²) in [5, 5.41) is 3.63. The molecule has 1 aromatic rings. The fraction of sp³-hybridized carbons (Fsp3) is 0.684. The Labute approximate surface area is 130 Å². The van der Waals surface area contributed by atoms with Crippen LogP contribution in [0.15, 0.2) is 18.2 Å². The average Bonchev–Trinajstić information content (AvgIpc) is 2.78. The summed E-state index contributed by atoms with van der Waals surface area (Å²) in [6.07, 6.45) is 5.08. The van der Waals surface area contributed by atoms with Crippen LogP contribution in [0.5, 0.6) is 5.75 Å². The second-order valence-corrected chi connectivity index (χ2v) is 7.46. The van der Waals surface area contributed by atoms with Gasteiger partial charge in [-0.15, -0.1) is 0 Å². The molecule has 2 unspecified atom stereocenters. The molecule has 0 saturated heterocycles. The van der Waals surface area contributed by atoms with Crippen LogP contribution >= 0.6 is 0 Å². The maximum atomic E-state index is 6.07. The molecule has 2 atom stereocenters. The van der Waals surface area contributed by atoms with E-state index in [-0.39, 0.29) is 0 Å². The summed E-state index contributed by atoms with van der Waals surface area (Å²) >= 11 is 0. The van der Waals surface area contributed by atoms with Crippen LogP contribution < -0.4 is 10.1 Å². The Bertz CT molecular complexity index is 461. The van der Waals surface area contributed by atoms with Crippen LogP contribution in [0.25, 0.3) is 0 Å². The highest BCUT2D eigenvalue weighted by atomic mass is 16.5. The normalized spacial score (nSPS) is 19.2. The molecule has 1 aliphatic rings. The first-order valence-corrected chi connectivity index (χ1v) is 8.39. The van der Waals surface area contributed by atoms with E-state index in [9.17, 15) is 0 Å². The van der Waals surface area contributed by atoms with Gasteiger partial charge in [0.1, 0.15) is 11.9 Å². The number of rotatable bonds is 6. The number of fused-ring (bicyclic) bond motifs is 1. The monoisotopic (exact) mass is 289 g/mol. The minimum Gasteiger partial charge on any atom is -0.490 e. The van der Waals surface area contributed by atoms with Crippen molar-refractivity contribution in [2.24, 2.45) is 5.41 Å². The molecule has 0 aliphatic carbocycles. The zero-order chi connectivity index (χ0) is 15.5. The van der Waals surface area contributed by atoms with E-state index in [0.29, 0.717) is 17.6 Å². The molecule has 0 spiro atoms. The van der Waals surface area contributed by atoms with Crippen LogP contribution in [0, 0.1) is 12.3 Å². The predicted octanol–water partition coefficient (Wildman–Crippen LogP) is 4.49. The van der Waals surface area contributed by atoms with Crippen LogP contribution in [0.2, 0.25) is 0 Å².